The van der Waals surface area contributed by atoms with Crippen molar-refractivity contribution in [3.05, 3.63) is 46.3 Å². The normalized spacial score (nSPS) is 19.0. The Kier molecular flexibility index (Phi) is 3.75. The van der Waals surface area contributed by atoms with Gasteiger partial charge in [0.05, 0.1) is 0 Å². The van der Waals surface area contributed by atoms with E-state index in [1.165, 1.54) is 0 Å². The highest BCUT2D eigenvalue weighted by Crippen LogP contribution is 2.14. The van der Waals surface area contributed by atoms with E-state index in [2.05, 4.69) is 17.3 Å². The maximum absolute atomic E-state index is 12.2. The van der Waals surface area contributed by atoms with Crippen LogP contribution in [-0.2, 0) is 0 Å². The predicted octanol–water partition coefficient (Wildman–Crippen LogP) is 1.47. The summed E-state index contributed by atoms with van der Waals surface area (Å²) in [4.78, 5) is 26.3. The molecule has 0 aliphatic carbocycles. The molecule has 0 bridgehead atoms. The maximum atomic E-state index is 12.2. The smallest absolute Gasteiger partial charge is 0.349 e. The van der Waals surface area contributed by atoms with Crippen LogP contribution in [0.25, 0.3) is 11.0 Å². The molecule has 5 nitrogen and oxygen atoms in total. The van der Waals surface area contributed by atoms with Crippen molar-refractivity contribution in [1.82, 2.24) is 10.2 Å². The number of fused-ring (bicyclic) bond motifs is 1. The molecule has 1 unspecified atom stereocenters. The highest BCUT2D eigenvalue weighted by molar-refractivity contribution is 5.96. The van der Waals surface area contributed by atoms with Crippen LogP contribution in [0.2, 0.25) is 0 Å². The van der Waals surface area contributed by atoms with Gasteiger partial charge in [0, 0.05) is 18.5 Å². The third-order valence-electron chi connectivity index (χ3n) is 3.93. The van der Waals surface area contributed by atoms with Gasteiger partial charge < -0.3 is 14.6 Å². The van der Waals surface area contributed by atoms with Crippen LogP contribution < -0.4 is 10.9 Å². The van der Waals surface area contributed by atoms with Crippen molar-refractivity contribution in [2.45, 2.75) is 6.42 Å². The molecule has 21 heavy (non-hydrogen) atoms. The maximum Gasteiger partial charge on any atom is 0.349 e. The Morgan fingerprint density at radius 2 is 2.24 bits per heavy atom. The second-order valence-electron chi connectivity index (χ2n) is 5.61. The van der Waals surface area contributed by atoms with Gasteiger partial charge in [0.25, 0.3) is 5.91 Å². The summed E-state index contributed by atoms with van der Waals surface area (Å²) < 4.78 is 5.18. The summed E-state index contributed by atoms with van der Waals surface area (Å²) in [5, 5.41) is 3.59. The van der Waals surface area contributed by atoms with Crippen molar-refractivity contribution in [2.75, 3.05) is 26.7 Å². The lowest BCUT2D eigenvalue weighted by molar-refractivity contribution is 0.0944. The van der Waals surface area contributed by atoms with Crippen LogP contribution in [0.1, 0.15) is 16.8 Å². The SMILES string of the molecule is CN1CCC(CNC(=O)c2cc3ccccc3oc2=O)C1. The molecule has 1 amide bonds. The number of benzene rings is 1. The average molecular weight is 286 g/mol. The minimum absolute atomic E-state index is 0.0695. The first kappa shape index (κ1) is 13.8. The fraction of sp³-hybridized carbons (Fsp3) is 0.375. The number of amides is 1. The zero-order chi connectivity index (χ0) is 14.8. The van der Waals surface area contributed by atoms with E-state index >= 15 is 0 Å². The van der Waals surface area contributed by atoms with E-state index in [4.69, 9.17) is 4.42 Å². The van der Waals surface area contributed by atoms with Crippen molar-refractivity contribution in [1.29, 1.82) is 0 Å². The molecule has 0 spiro atoms. The number of rotatable bonds is 3. The summed E-state index contributed by atoms with van der Waals surface area (Å²) in [6.45, 7) is 2.63. The van der Waals surface area contributed by atoms with E-state index in [1.807, 2.05) is 12.1 Å². The van der Waals surface area contributed by atoms with Crippen molar-refractivity contribution < 1.29 is 9.21 Å². The molecule has 1 aliphatic heterocycles. The van der Waals surface area contributed by atoms with Crippen LogP contribution in [0, 0.1) is 5.92 Å². The molecule has 1 fully saturated rings. The Hall–Kier alpha value is -2.14. The van der Waals surface area contributed by atoms with E-state index in [9.17, 15) is 9.59 Å². The molecule has 1 aromatic carbocycles. The number of carbonyl (C=O) groups is 1. The molecule has 2 aromatic rings. The van der Waals surface area contributed by atoms with Crippen molar-refractivity contribution in [2.24, 2.45) is 5.92 Å². The molecule has 1 aliphatic rings. The van der Waals surface area contributed by atoms with Gasteiger partial charge in [-0.15, -0.1) is 0 Å². The van der Waals surface area contributed by atoms with Crippen LogP contribution in [0.3, 0.4) is 0 Å². The zero-order valence-corrected chi connectivity index (χ0v) is 12.0. The zero-order valence-electron chi connectivity index (χ0n) is 12.0. The number of hydrogen-bond donors (Lipinski definition) is 1. The Balaban J connectivity index is 1.75. The summed E-state index contributed by atoms with van der Waals surface area (Å²) in [5.74, 6) is 0.0931. The molecule has 2 heterocycles. The van der Waals surface area contributed by atoms with Gasteiger partial charge in [0.1, 0.15) is 11.1 Å². The van der Waals surface area contributed by atoms with Crippen LogP contribution in [0.5, 0.6) is 0 Å². The van der Waals surface area contributed by atoms with Crippen LogP contribution in [-0.4, -0.2) is 37.5 Å². The number of hydrogen-bond acceptors (Lipinski definition) is 4. The Morgan fingerprint density at radius 1 is 1.43 bits per heavy atom. The molecule has 1 atom stereocenters. The summed E-state index contributed by atoms with van der Waals surface area (Å²) in [5.41, 5.74) is -0.0220. The molecule has 110 valence electrons. The number of carbonyl (C=O) groups excluding carboxylic acids is 1. The van der Waals surface area contributed by atoms with Gasteiger partial charge in [0.2, 0.25) is 0 Å². The second kappa shape index (κ2) is 5.69. The van der Waals surface area contributed by atoms with E-state index in [0.29, 0.717) is 18.0 Å². The van der Waals surface area contributed by atoms with Gasteiger partial charge in [0.15, 0.2) is 0 Å². The lowest BCUT2D eigenvalue weighted by Gasteiger charge is -2.11. The third kappa shape index (κ3) is 2.97. The van der Waals surface area contributed by atoms with Gasteiger partial charge in [-0.3, -0.25) is 4.79 Å². The van der Waals surface area contributed by atoms with Gasteiger partial charge in [-0.05, 0) is 38.1 Å². The lowest BCUT2D eigenvalue weighted by atomic mass is 10.1. The average Bonchev–Trinajstić information content (AvgIpc) is 2.89. The van der Waals surface area contributed by atoms with E-state index in [0.717, 1.165) is 24.9 Å². The molecular weight excluding hydrogens is 268 g/mol. The molecule has 0 radical (unpaired) electrons. The topological polar surface area (TPSA) is 62.6 Å². The van der Waals surface area contributed by atoms with Gasteiger partial charge >= 0.3 is 5.63 Å². The Labute approximate surface area is 122 Å². The number of para-hydroxylation sites is 1. The summed E-state index contributed by atoms with van der Waals surface area (Å²) in [7, 11) is 2.07. The fourth-order valence-electron chi connectivity index (χ4n) is 2.75. The predicted molar refractivity (Wildman–Crippen MR) is 80.4 cm³/mol. The van der Waals surface area contributed by atoms with Gasteiger partial charge in [-0.2, -0.15) is 0 Å². The quantitative estimate of drug-likeness (QED) is 0.868. The molecule has 1 saturated heterocycles. The van der Waals surface area contributed by atoms with Gasteiger partial charge in [-0.25, -0.2) is 4.79 Å². The number of nitrogens with zero attached hydrogens (tertiary/aromatic N) is 1. The molecule has 5 heteroatoms. The van der Waals surface area contributed by atoms with Crippen LogP contribution >= 0.6 is 0 Å². The van der Waals surface area contributed by atoms with Crippen LogP contribution in [0.15, 0.2) is 39.5 Å². The first-order valence-corrected chi connectivity index (χ1v) is 7.13. The monoisotopic (exact) mass is 286 g/mol. The molecule has 3 rings (SSSR count). The standard InChI is InChI=1S/C16H18N2O3/c1-18-7-6-11(10-18)9-17-15(19)13-8-12-4-2-3-5-14(12)21-16(13)20/h2-5,8,11H,6-7,9-10H2,1H3,(H,17,19). The van der Waals surface area contributed by atoms with Crippen molar-refractivity contribution in [3.63, 3.8) is 0 Å². The Morgan fingerprint density at radius 3 is 3.00 bits per heavy atom. The molecule has 1 N–H and O–H groups in total. The second-order valence-corrected chi connectivity index (χ2v) is 5.61. The third-order valence-corrected chi connectivity index (χ3v) is 3.93. The van der Waals surface area contributed by atoms with E-state index in [1.54, 1.807) is 18.2 Å². The number of nitrogens with one attached hydrogen (secondary N) is 1. The minimum Gasteiger partial charge on any atom is -0.422 e. The largest absolute Gasteiger partial charge is 0.422 e. The summed E-state index contributed by atoms with van der Waals surface area (Å²) >= 11 is 0. The Bertz CT molecular complexity index is 723. The van der Waals surface area contributed by atoms with E-state index < -0.39 is 5.63 Å². The number of likely N-dealkylation sites (tertiary alicyclic amines) is 1. The van der Waals surface area contributed by atoms with Crippen LogP contribution in [0.4, 0.5) is 0 Å². The van der Waals surface area contributed by atoms with E-state index in [-0.39, 0.29) is 11.5 Å². The molecular formula is C16H18N2O3. The first-order chi connectivity index (χ1) is 10.1. The van der Waals surface area contributed by atoms with Crippen molar-refractivity contribution in [3.8, 4) is 0 Å². The highest BCUT2D eigenvalue weighted by atomic mass is 16.4. The van der Waals surface area contributed by atoms with Crippen molar-refractivity contribution >= 4 is 16.9 Å². The minimum atomic E-state index is -0.588. The molecule has 0 saturated carbocycles. The molecule has 1 aromatic heterocycles. The lowest BCUT2D eigenvalue weighted by Crippen LogP contribution is -2.33. The highest BCUT2D eigenvalue weighted by Gasteiger charge is 2.21. The fourth-order valence-corrected chi connectivity index (χ4v) is 2.75. The van der Waals surface area contributed by atoms with Gasteiger partial charge in [-0.1, -0.05) is 18.2 Å². The first-order valence-electron chi connectivity index (χ1n) is 7.13. The summed E-state index contributed by atoms with van der Waals surface area (Å²) in [6, 6.07) is 8.77. The summed E-state index contributed by atoms with van der Waals surface area (Å²) in [6.07, 6.45) is 1.07.